The molecule has 1 aromatic heterocycles. The van der Waals surface area contributed by atoms with E-state index in [4.69, 9.17) is 4.74 Å². The van der Waals surface area contributed by atoms with Gasteiger partial charge in [0.2, 0.25) is 0 Å². The number of aromatic hydroxyl groups is 1. The standard InChI is InChI=1S/C15H17NO3S/c1-9-6-12(20-10(9)2)8-16-15(18)13-5-4-11(19-3)7-14(13)17/h4-7,17H,8H2,1-3H3,(H,16,18). The first-order chi connectivity index (χ1) is 9.51. The zero-order valence-electron chi connectivity index (χ0n) is 11.7. The molecule has 0 saturated carbocycles. The molecule has 0 aliphatic carbocycles. The average molecular weight is 291 g/mol. The Kier molecular flexibility index (Phi) is 4.29. The van der Waals surface area contributed by atoms with Gasteiger partial charge < -0.3 is 15.2 Å². The van der Waals surface area contributed by atoms with Crippen LogP contribution >= 0.6 is 11.3 Å². The summed E-state index contributed by atoms with van der Waals surface area (Å²) in [7, 11) is 1.51. The zero-order chi connectivity index (χ0) is 14.7. The number of rotatable bonds is 4. The first kappa shape index (κ1) is 14.4. The summed E-state index contributed by atoms with van der Waals surface area (Å²) >= 11 is 1.66. The van der Waals surface area contributed by atoms with Crippen LogP contribution in [0.5, 0.6) is 11.5 Å². The molecule has 0 atom stereocenters. The van der Waals surface area contributed by atoms with Gasteiger partial charge in [-0.05, 0) is 37.6 Å². The summed E-state index contributed by atoms with van der Waals surface area (Å²) in [4.78, 5) is 14.4. The number of methoxy groups -OCH3 is 1. The summed E-state index contributed by atoms with van der Waals surface area (Å²) in [6.45, 7) is 4.57. The Morgan fingerprint density at radius 2 is 2.10 bits per heavy atom. The number of benzene rings is 1. The molecule has 1 amide bonds. The molecule has 0 radical (unpaired) electrons. The van der Waals surface area contributed by atoms with Crippen molar-refractivity contribution in [2.75, 3.05) is 7.11 Å². The van der Waals surface area contributed by atoms with Gasteiger partial charge >= 0.3 is 0 Å². The maximum atomic E-state index is 12.0. The maximum Gasteiger partial charge on any atom is 0.255 e. The van der Waals surface area contributed by atoms with Crippen LogP contribution in [0.2, 0.25) is 0 Å². The molecule has 1 aromatic carbocycles. The second-order valence-electron chi connectivity index (χ2n) is 4.52. The fourth-order valence-electron chi connectivity index (χ4n) is 1.83. The van der Waals surface area contributed by atoms with Gasteiger partial charge in [0, 0.05) is 15.8 Å². The number of hydrogen-bond donors (Lipinski definition) is 2. The minimum Gasteiger partial charge on any atom is -0.507 e. The molecule has 0 aliphatic rings. The molecule has 0 aliphatic heterocycles. The van der Waals surface area contributed by atoms with Crippen LogP contribution in [-0.2, 0) is 6.54 Å². The topological polar surface area (TPSA) is 58.6 Å². The monoisotopic (exact) mass is 291 g/mol. The largest absolute Gasteiger partial charge is 0.507 e. The summed E-state index contributed by atoms with van der Waals surface area (Å²) in [5.74, 6) is 0.137. The van der Waals surface area contributed by atoms with Crippen LogP contribution in [0.4, 0.5) is 0 Å². The number of thiophene rings is 1. The van der Waals surface area contributed by atoms with E-state index in [1.807, 2.05) is 6.92 Å². The van der Waals surface area contributed by atoms with Crippen LogP contribution in [0.1, 0.15) is 25.7 Å². The molecule has 2 rings (SSSR count). The second-order valence-corrected chi connectivity index (χ2v) is 5.86. The van der Waals surface area contributed by atoms with Crippen molar-refractivity contribution in [1.29, 1.82) is 0 Å². The van der Waals surface area contributed by atoms with E-state index in [0.29, 0.717) is 12.3 Å². The third-order valence-electron chi connectivity index (χ3n) is 3.09. The molecular weight excluding hydrogens is 274 g/mol. The number of ether oxygens (including phenoxy) is 1. The van der Waals surface area contributed by atoms with E-state index in [0.717, 1.165) is 4.88 Å². The lowest BCUT2D eigenvalue weighted by atomic mass is 10.2. The van der Waals surface area contributed by atoms with Crippen LogP contribution in [0.3, 0.4) is 0 Å². The van der Waals surface area contributed by atoms with Gasteiger partial charge in [-0.3, -0.25) is 4.79 Å². The summed E-state index contributed by atoms with van der Waals surface area (Å²) in [6, 6.07) is 6.69. The molecule has 20 heavy (non-hydrogen) atoms. The summed E-state index contributed by atoms with van der Waals surface area (Å²) in [5, 5.41) is 12.6. The van der Waals surface area contributed by atoms with Crippen molar-refractivity contribution in [3.05, 3.63) is 45.1 Å². The number of hydrogen-bond acceptors (Lipinski definition) is 4. The second kappa shape index (κ2) is 5.96. The van der Waals surface area contributed by atoms with E-state index in [2.05, 4.69) is 18.3 Å². The fourth-order valence-corrected chi connectivity index (χ4v) is 2.82. The van der Waals surface area contributed by atoms with E-state index in [1.54, 1.807) is 23.5 Å². The van der Waals surface area contributed by atoms with Gasteiger partial charge in [0.05, 0.1) is 19.2 Å². The molecule has 4 nitrogen and oxygen atoms in total. The molecule has 1 heterocycles. The lowest BCUT2D eigenvalue weighted by Gasteiger charge is -2.07. The van der Waals surface area contributed by atoms with Crippen LogP contribution < -0.4 is 10.1 Å². The van der Waals surface area contributed by atoms with Crippen LogP contribution in [0, 0.1) is 13.8 Å². The Balaban J connectivity index is 2.05. The third-order valence-corrected chi connectivity index (χ3v) is 4.24. The van der Waals surface area contributed by atoms with E-state index in [9.17, 15) is 9.90 Å². The van der Waals surface area contributed by atoms with Gasteiger partial charge in [-0.25, -0.2) is 0 Å². The van der Waals surface area contributed by atoms with Gasteiger partial charge in [0.25, 0.3) is 5.91 Å². The van der Waals surface area contributed by atoms with Crippen LogP contribution in [-0.4, -0.2) is 18.1 Å². The summed E-state index contributed by atoms with van der Waals surface area (Å²) < 4.78 is 4.98. The van der Waals surface area contributed by atoms with Gasteiger partial charge in [-0.2, -0.15) is 0 Å². The lowest BCUT2D eigenvalue weighted by molar-refractivity contribution is 0.0948. The highest BCUT2D eigenvalue weighted by atomic mass is 32.1. The number of phenols is 1. The van der Waals surface area contributed by atoms with Crippen molar-refractivity contribution in [2.45, 2.75) is 20.4 Å². The number of carbonyl (C=O) groups is 1. The molecule has 2 N–H and O–H groups in total. The van der Waals surface area contributed by atoms with E-state index in [1.165, 1.54) is 23.6 Å². The predicted octanol–water partition coefficient (Wildman–Crippen LogP) is 3.01. The Morgan fingerprint density at radius 1 is 1.35 bits per heavy atom. The average Bonchev–Trinajstić information content (AvgIpc) is 2.75. The van der Waals surface area contributed by atoms with Gasteiger partial charge in [0.1, 0.15) is 11.5 Å². The van der Waals surface area contributed by atoms with Crippen molar-refractivity contribution < 1.29 is 14.6 Å². The van der Waals surface area contributed by atoms with E-state index in [-0.39, 0.29) is 17.2 Å². The molecule has 0 saturated heterocycles. The molecule has 2 aromatic rings. The number of amides is 1. The highest BCUT2D eigenvalue weighted by molar-refractivity contribution is 7.12. The van der Waals surface area contributed by atoms with Gasteiger partial charge in [0.15, 0.2) is 0 Å². The molecule has 5 heteroatoms. The summed E-state index contributed by atoms with van der Waals surface area (Å²) in [5.41, 5.74) is 1.47. The molecule has 0 spiro atoms. The molecule has 0 fully saturated rings. The van der Waals surface area contributed by atoms with Crippen molar-refractivity contribution in [2.24, 2.45) is 0 Å². The van der Waals surface area contributed by atoms with Crippen molar-refractivity contribution >= 4 is 17.2 Å². The number of nitrogens with one attached hydrogen (secondary N) is 1. The van der Waals surface area contributed by atoms with Crippen molar-refractivity contribution in [3.8, 4) is 11.5 Å². The Morgan fingerprint density at radius 3 is 2.65 bits per heavy atom. The quantitative estimate of drug-likeness (QED) is 0.910. The highest BCUT2D eigenvalue weighted by Crippen LogP contribution is 2.24. The van der Waals surface area contributed by atoms with Crippen LogP contribution in [0.15, 0.2) is 24.3 Å². The normalized spacial score (nSPS) is 10.3. The van der Waals surface area contributed by atoms with Crippen molar-refractivity contribution in [1.82, 2.24) is 5.32 Å². The molecule has 0 bridgehead atoms. The van der Waals surface area contributed by atoms with Gasteiger partial charge in [-0.15, -0.1) is 11.3 Å². The SMILES string of the molecule is COc1ccc(C(=O)NCc2cc(C)c(C)s2)c(O)c1. The smallest absolute Gasteiger partial charge is 0.255 e. The number of aryl methyl sites for hydroxylation is 2. The minimum absolute atomic E-state index is 0.0830. The zero-order valence-corrected chi connectivity index (χ0v) is 12.5. The number of phenolic OH excluding ortho intramolecular Hbond substituents is 1. The van der Waals surface area contributed by atoms with Crippen LogP contribution in [0.25, 0.3) is 0 Å². The lowest BCUT2D eigenvalue weighted by Crippen LogP contribution is -2.22. The first-order valence-corrected chi connectivity index (χ1v) is 7.04. The predicted molar refractivity (Wildman–Crippen MR) is 79.6 cm³/mol. The van der Waals surface area contributed by atoms with E-state index < -0.39 is 0 Å². The number of carbonyl (C=O) groups excluding carboxylic acids is 1. The fraction of sp³-hybridized carbons (Fsp3) is 0.267. The Labute approximate surface area is 122 Å². The summed E-state index contributed by atoms with van der Waals surface area (Å²) in [6.07, 6.45) is 0. The molecular formula is C15H17NO3S. The Bertz CT molecular complexity index is 615. The molecule has 106 valence electrons. The minimum atomic E-state index is -0.297. The maximum absolute atomic E-state index is 12.0. The molecule has 0 unspecified atom stereocenters. The van der Waals surface area contributed by atoms with Gasteiger partial charge in [-0.1, -0.05) is 0 Å². The third kappa shape index (κ3) is 3.11. The van der Waals surface area contributed by atoms with Crippen molar-refractivity contribution in [3.63, 3.8) is 0 Å². The Hall–Kier alpha value is -2.01. The first-order valence-electron chi connectivity index (χ1n) is 6.22. The highest BCUT2D eigenvalue weighted by Gasteiger charge is 2.12. The van der Waals surface area contributed by atoms with E-state index >= 15 is 0 Å².